The van der Waals surface area contributed by atoms with Crippen LogP contribution in [-0.2, 0) is 11.8 Å². The van der Waals surface area contributed by atoms with Gasteiger partial charge < -0.3 is 9.64 Å². The molecule has 0 saturated heterocycles. The molecule has 1 aliphatic rings. The van der Waals surface area contributed by atoms with Gasteiger partial charge in [0.25, 0.3) is 0 Å². The van der Waals surface area contributed by atoms with Crippen LogP contribution in [0, 0.1) is 6.92 Å². The van der Waals surface area contributed by atoms with E-state index in [-0.39, 0.29) is 6.54 Å². The van der Waals surface area contributed by atoms with E-state index in [9.17, 15) is 4.79 Å². The highest BCUT2D eigenvalue weighted by Crippen LogP contribution is 2.36. The Kier molecular flexibility index (Phi) is 4.33. The second kappa shape index (κ2) is 6.11. The Hall–Kier alpha value is -2.37. The van der Waals surface area contributed by atoms with Gasteiger partial charge in [0.2, 0.25) is 0 Å². The molecular formula is C20H26FN3O2. The Labute approximate surface area is 153 Å². The lowest BCUT2D eigenvalue weighted by molar-refractivity contribution is 0.0184. The molecule has 2 aromatic rings. The summed E-state index contributed by atoms with van der Waals surface area (Å²) in [6.45, 7) is 9.16. The van der Waals surface area contributed by atoms with Crippen molar-refractivity contribution >= 4 is 22.6 Å². The molecule has 1 amide bonds. The van der Waals surface area contributed by atoms with Crippen LogP contribution in [0.1, 0.15) is 39.0 Å². The van der Waals surface area contributed by atoms with Crippen molar-refractivity contribution in [2.45, 2.75) is 45.9 Å². The zero-order chi connectivity index (χ0) is 19.3. The first-order valence-electron chi connectivity index (χ1n) is 8.79. The number of halogens is 1. The van der Waals surface area contributed by atoms with Crippen LogP contribution in [0.25, 0.3) is 16.5 Å². The molecule has 0 fully saturated rings. The maximum absolute atomic E-state index is 15.4. The van der Waals surface area contributed by atoms with Gasteiger partial charge in [-0.15, -0.1) is 0 Å². The van der Waals surface area contributed by atoms with Crippen molar-refractivity contribution in [2.24, 2.45) is 7.05 Å². The van der Waals surface area contributed by atoms with Crippen LogP contribution in [-0.4, -0.2) is 45.1 Å². The Morgan fingerprint density at radius 1 is 1.35 bits per heavy atom. The minimum atomic E-state index is -1.66. The van der Waals surface area contributed by atoms with E-state index in [0.717, 1.165) is 22.2 Å². The molecule has 1 aliphatic heterocycles. The van der Waals surface area contributed by atoms with E-state index in [1.165, 1.54) is 11.8 Å². The summed E-state index contributed by atoms with van der Waals surface area (Å²) in [4.78, 5) is 13.7. The molecule has 0 radical (unpaired) electrons. The molecule has 1 aromatic heterocycles. The summed E-state index contributed by atoms with van der Waals surface area (Å²) < 4.78 is 22.6. The van der Waals surface area contributed by atoms with E-state index in [2.05, 4.69) is 5.10 Å². The summed E-state index contributed by atoms with van der Waals surface area (Å²) in [5, 5.41) is 5.48. The quantitative estimate of drug-likeness (QED) is 0.765. The highest BCUT2D eigenvalue weighted by Gasteiger charge is 2.38. The highest BCUT2D eigenvalue weighted by molar-refractivity contribution is 5.87. The molecule has 26 heavy (non-hydrogen) atoms. The van der Waals surface area contributed by atoms with Gasteiger partial charge in [-0.05, 0) is 51.8 Å². The smallest absolute Gasteiger partial charge is 0.410 e. The van der Waals surface area contributed by atoms with Crippen molar-refractivity contribution in [3.63, 3.8) is 0 Å². The number of hydrogen-bond acceptors (Lipinski definition) is 3. The highest BCUT2D eigenvalue weighted by atomic mass is 19.1. The number of carbonyl (C=O) groups excluding carboxylic acids is 1. The van der Waals surface area contributed by atoms with Crippen LogP contribution in [0.5, 0.6) is 0 Å². The summed E-state index contributed by atoms with van der Waals surface area (Å²) in [5.41, 5.74) is 1.07. The van der Waals surface area contributed by atoms with Crippen molar-refractivity contribution in [1.82, 2.24) is 14.7 Å². The van der Waals surface area contributed by atoms with Gasteiger partial charge in [0.15, 0.2) is 5.67 Å². The molecule has 0 saturated carbocycles. The number of aryl methyl sites for hydroxylation is 2. The van der Waals surface area contributed by atoms with Gasteiger partial charge in [-0.2, -0.15) is 5.10 Å². The maximum atomic E-state index is 15.4. The first kappa shape index (κ1) is 18.4. The largest absolute Gasteiger partial charge is 0.444 e. The number of carbonyl (C=O) groups is 1. The number of benzene rings is 1. The van der Waals surface area contributed by atoms with E-state index in [1.807, 2.05) is 32.2 Å². The van der Waals surface area contributed by atoms with E-state index in [1.54, 1.807) is 31.5 Å². The van der Waals surface area contributed by atoms with E-state index in [4.69, 9.17) is 4.74 Å². The SMILES string of the molecule is Cc1nn(C)c2cc(C3=CCN(C(=O)OC(C)(C)C)CC3(C)F)ccc12. The molecule has 1 aromatic carbocycles. The number of amides is 1. The average molecular weight is 359 g/mol. The minimum Gasteiger partial charge on any atom is -0.444 e. The fraction of sp³-hybridized carbons (Fsp3) is 0.500. The van der Waals surface area contributed by atoms with Gasteiger partial charge in [-0.3, -0.25) is 4.68 Å². The normalized spacial score (nSPS) is 21.0. The molecular weight excluding hydrogens is 333 g/mol. The lowest BCUT2D eigenvalue weighted by atomic mass is 9.87. The number of hydrogen-bond donors (Lipinski definition) is 0. The van der Waals surface area contributed by atoms with Gasteiger partial charge >= 0.3 is 6.09 Å². The van der Waals surface area contributed by atoms with Gasteiger partial charge in [0.1, 0.15) is 5.60 Å². The fourth-order valence-electron chi connectivity index (χ4n) is 3.41. The van der Waals surface area contributed by atoms with Crippen LogP contribution in [0.4, 0.5) is 9.18 Å². The molecule has 1 atom stereocenters. The van der Waals surface area contributed by atoms with Crippen molar-refractivity contribution < 1.29 is 13.9 Å². The van der Waals surface area contributed by atoms with Crippen LogP contribution >= 0.6 is 0 Å². The third-order valence-corrected chi connectivity index (χ3v) is 4.56. The third kappa shape index (κ3) is 3.45. The van der Waals surface area contributed by atoms with Crippen molar-refractivity contribution in [2.75, 3.05) is 13.1 Å². The molecule has 0 bridgehead atoms. The monoisotopic (exact) mass is 359 g/mol. The molecule has 6 heteroatoms. The second-order valence-corrected chi connectivity index (χ2v) is 8.12. The first-order valence-corrected chi connectivity index (χ1v) is 8.79. The summed E-state index contributed by atoms with van der Waals surface area (Å²) in [5.74, 6) is 0. The van der Waals surface area contributed by atoms with Gasteiger partial charge in [0, 0.05) is 19.0 Å². The van der Waals surface area contributed by atoms with E-state index >= 15 is 4.39 Å². The molecule has 3 rings (SSSR count). The van der Waals surface area contributed by atoms with E-state index < -0.39 is 17.4 Å². The predicted octanol–water partition coefficient (Wildman–Crippen LogP) is 4.24. The van der Waals surface area contributed by atoms with Crippen molar-refractivity contribution in [3.05, 3.63) is 35.5 Å². The topological polar surface area (TPSA) is 47.4 Å². The summed E-state index contributed by atoms with van der Waals surface area (Å²) in [6.07, 6.45) is 1.28. The number of fused-ring (bicyclic) bond motifs is 1. The summed E-state index contributed by atoms with van der Waals surface area (Å²) in [6, 6.07) is 5.86. The van der Waals surface area contributed by atoms with Crippen LogP contribution < -0.4 is 0 Å². The average Bonchev–Trinajstić information content (AvgIpc) is 2.79. The minimum absolute atomic E-state index is 0.0315. The zero-order valence-electron chi connectivity index (χ0n) is 16.3. The van der Waals surface area contributed by atoms with Crippen LogP contribution in [0.3, 0.4) is 0 Å². The standard InChI is InChI=1S/C20H26FN3O2/c1-13-15-8-7-14(11-17(15)23(6)22-13)16-9-10-24(12-20(16,5)21)18(25)26-19(2,3)4/h7-9,11H,10,12H2,1-6H3. The van der Waals surface area contributed by atoms with Crippen molar-refractivity contribution in [3.8, 4) is 0 Å². The first-order chi connectivity index (χ1) is 12.0. The van der Waals surface area contributed by atoms with E-state index in [0.29, 0.717) is 12.1 Å². The van der Waals surface area contributed by atoms with Gasteiger partial charge in [0.05, 0.1) is 17.8 Å². The number of aromatic nitrogens is 2. The Morgan fingerprint density at radius 3 is 2.65 bits per heavy atom. The lowest BCUT2D eigenvalue weighted by Gasteiger charge is -2.36. The molecule has 0 aliphatic carbocycles. The third-order valence-electron chi connectivity index (χ3n) is 4.56. The van der Waals surface area contributed by atoms with Crippen LogP contribution in [0.2, 0.25) is 0 Å². The number of alkyl halides is 1. The Bertz CT molecular complexity index is 890. The number of rotatable bonds is 1. The molecule has 5 nitrogen and oxygen atoms in total. The maximum Gasteiger partial charge on any atom is 0.410 e. The fourth-order valence-corrected chi connectivity index (χ4v) is 3.41. The molecule has 1 unspecified atom stereocenters. The Balaban J connectivity index is 1.91. The predicted molar refractivity (Wildman–Crippen MR) is 101 cm³/mol. The summed E-state index contributed by atoms with van der Waals surface area (Å²) in [7, 11) is 1.88. The molecule has 2 heterocycles. The molecule has 0 spiro atoms. The second-order valence-electron chi connectivity index (χ2n) is 8.12. The molecule has 140 valence electrons. The molecule has 0 N–H and O–H groups in total. The Morgan fingerprint density at radius 2 is 2.04 bits per heavy atom. The lowest BCUT2D eigenvalue weighted by Crippen LogP contribution is -2.47. The van der Waals surface area contributed by atoms with Crippen molar-refractivity contribution in [1.29, 1.82) is 0 Å². The number of nitrogens with zero attached hydrogens (tertiary/aromatic N) is 3. The zero-order valence-corrected chi connectivity index (χ0v) is 16.3. The van der Waals surface area contributed by atoms with Gasteiger partial charge in [-0.25, -0.2) is 9.18 Å². The summed E-state index contributed by atoms with van der Waals surface area (Å²) >= 11 is 0. The van der Waals surface area contributed by atoms with Gasteiger partial charge in [-0.1, -0.05) is 18.2 Å². The number of ether oxygens (including phenoxy) is 1. The van der Waals surface area contributed by atoms with Crippen LogP contribution in [0.15, 0.2) is 24.3 Å².